The molecule has 1 saturated heterocycles. The Labute approximate surface area is 122 Å². The lowest BCUT2D eigenvalue weighted by molar-refractivity contribution is 0.0712. The zero-order valence-electron chi connectivity index (χ0n) is 12.7. The monoisotopic (exact) mass is 274 g/mol. The van der Waals surface area contributed by atoms with E-state index in [1.54, 1.807) is 0 Å². The van der Waals surface area contributed by atoms with Crippen molar-refractivity contribution in [3.63, 3.8) is 0 Å². The molecule has 3 rings (SSSR count). The van der Waals surface area contributed by atoms with Crippen LogP contribution in [0.1, 0.15) is 32.3 Å². The van der Waals surface area contributed by atoms with Crippen molar-refractivity contribution >= 4 is 5.69 Å². The molecule has 0 unspecified atom stereocenters. The molecule has 0 atom stereocenters. The van der Waals surface area contributed by atoms with Crippen LogP contribution in [-0.2, 0) is 6.42 Å². The van der Waals surface area contributed by atoms with Crippen LogP contribution >= 0.6 is 0 Å². The fraction of sp³-hybridized carbons (Fsp3) is 0.647. The van der Waals surface area contributed by atoms with Gasteiger partial charge >= 0.3 is 0 Å². The maximum atomic E-state index is 6.20. The van der Waals surface area contributed by atoms with E-state index in [-0.39, 0.29) is 0 Å². The number of ether oxygens (including phenoxy) is 1. The summed E-state index contributed by atoms with van der Waals surface area (Å²) >= 11 is 0. The van der Waals surface area contributed by atoms with Crippen molar-refractivity contribution in [2.75, 3.05) is 38.1 Å². The van der Waals surface area contributed by atoms with Gasteiger partial charge in [0.2, 0.25) is 0 Å². The molecule has 0 amide bonds. The average Bonchev–Trinajstić information content (AvgIpc) is 2.95. The summed E-state index contributed by atoms with van der Waals surface area (Å²) in [5.41, 5.74) is 2.95. The summed E-state index contributed by atoms with van der Waals surface area (Å²) in [4.78, 5) is 2.53. The third-order valence-corrected chi connectivity index (χ3v) is 4.91. The highest BCUT2D eigenvalue weighted by Gasteiger charge is 2.30. The van der Waals surface area contributed by atoms with Gasteiger partial charge in [0, 0.05) is 23.2 Å². The Kier molecular flexibility index (Phi) is 3.88. The predicted octanol–water partition coefficient (Wildman–Crippen LogP) is 3.16. The number of benzene rings is 1. The first-order valence-electron chi connectivity index (χ1n) is 7.91. The van der Waals surface area contributed by atoms with Gasteiger partial charge in [-0.3, -0.25) is 0 Å². The molecule has 1 aromatic rings. The van der Waals surface area contributed by atoms with E-state index in [0.29, 0.717) is 5.41 Å². The Hall–Kier alpha value is -1.22. The molecule has 0 aromatic heterocycles. The quantitative estimate of drug-likeness (QED) is 0.913. The summed E-state index contributed by atoms with van der Waals surface area (Å²) in [6.07, 6.45) is 3.58. The molecule has 0 saturated carbocycles. The second kappa shape index (κ2) is 5.65. The van der Waals surface area contributed by atoms with Gasteiger partial charge in [0.05, 0.1) is 6.61 Å². The minimum absolute atomic E-state index is 0.334. The lowest BCUT2D eigenvalue weighted by atomic mass is 9.81. The third-order valence-electron chi connectivity index (χ3n) is 4.91. The van der Waals surface area contributed by atoms with Gasteiger partial charge in [-0.05, 0) is 51.0 Å². The number of hydrogen-bond donors (Lipinski definition) is 1. The summed E-state index contributed by atoms with van der Waals surface area (Å²) in [5, 5.41) is 3.41. The molecule has 1 aromatic carbocycles. The highest BCUT2D eigenvalue weighted by Crippen LogP contribution is 2.35. The standard InChI is InChI=1S/C17H26N2O/c1-3-19-11-8-17(2,9-12-19)13-20-16-6-4-5-15-14(16)7-10-18-15/h4-6,18H,3,7-13H2,1-2H3. The van der Waals surface area contributed by atoms with E-state index in [1.165, 1.54) is 43.7 Å². The lowest BCUT2D eigenvalue weighted by Crippen LogP contribution is -2.41. The zero-order valence-corrected chi connectivity index (χ0v) is 12.7. The van der Waals surface area contributed by atoms with Gasteiger partial charge in [-0.2, -0.15) is 0 Å². The van der Waals surface area contributed by atoms with Crippen LogP contribution in [0.15, 0.2) is 18.2 Å². The molecule has 0 radical (unpaired) electrons. The van der Waals surface area contributed by atoms with E-state index in [1.807, 2.05) is 0 Å². The molecule has 2 heterocycles. The number of nitrogens with zero attached hydrogens (tertiary/aromatic N) is 1. The summed E-state index contributed by atoms with van der Waals surface area (Å²) in [5.74, 6) is 1.09. The summed E-state index contributed by atoms with van der Waals surface area (Å²) < 4.78 is 6.20. The first-order valence-corrected chi connectivity index (χ1v) is 7.91. The number of fused-ring (bicyclic) bond motifs is 1. The van der Waals surface area contributed by atoms with Crippen molar-refractivity contribution in [1.82, 2.24) is 4.90 Å². The number of rotatable bonds is 4. The highest BCUT2D eigenvalue weighted by molar-refractivity contribution is 5.61. The van der Waals surface area contributed by atoms with Gasteiger partial charge in [0.1, 0.15) is 5.75 Å². The van der Waals surface area contributed by atoms with E-state index < -0.39 is 0 Å². The van der Waals surface area contributed by atoms with Gasteiger partial charge in [0.25, 0.3) is 0 Å². The highest BCUT2D eigenvalue weighted by atomic mass is 16.5. The van der Waals surface area contributed by atoms with Crippen LogP contribution in [-0.4, -0.2) is 37.7 Å². The zero-order chi connectivity index (χ0) is 14.0. The van der Waals surface area contributed by atoms with Gasteiger partial charge < -0.3 is 15.0 Å². The Balaban J connectivity index is 1.61. The van der Waals surface area contributed by atoms with E-state index in [9.17, 15) is 0 Å². The van der Waals surface area contributed by atoms with E-state index in [4.69, 9.17) is 4.74 Å². The Morgan fingerprint density at radius 3 is 2.85 bits per heavy atom. The van der Waals surface area contributed by atoms with Crippen LogP contribution in [0.3, 0.4) is 0 Å². The number of piperidine rings is 1. The van der Waals surface area contributed by atoms with Gasteiger partial charge in [-0.1, -0.05) is 19.9 Å². The van der Waals surface area contributed by atoms with Gasteiger partial charge in [-0.15, -0.1) is 0 Å². The van der Waals surface area contributed by atoms with E-state index in [2.05, 4.69) is 42.3 Å². The van der Waals surface area contributed by atoms with Crippen LogP contribution in [0, 0.1) is 5.41 Å². The first kappa shape index (κ1) is 13.7. The molecule has 2 aliphatic rings. The lowest BCUT2D eigenvalue weighted by Gasteiger charge is -2.38. The van der Waals surface area contributed by atoms with Crippen LogP contribution in [0.2, 0.25) is 0 Å². The topological polar surface area (TPSA) is 24.5 Å². The molecule has 3 nitrogen and oxygen atoms in total. The summed E-state index contributed by atoms with van der Waals surface area (Å²) in [6, 6.07) is 6.36. The third kappa shape index (κ3) is 2.78. The first-order chi connectivity index (χ1) is 9.70. The molecular formula is C17H26N2O. The molecule has 2 aliphatic heterocycles. The molecule has 0 aliphatic carbocycles. The normalized spacial score (nSPS) is 21.3. The molecule has 110 valence electrons. The van der Waals surface area contributed by atoms with Crippen molar-refractivity contribution < 1.29 is 4.74 Å². The minimum Gasteiger partial charge on any atom is -0.493 e. The predicted molar refractivity (Wildman–Crippen MR) is 83.6 cm³/mol. The number of likely N-dealkylation sites (tertiary alicyclic amines) is 1. The van der Waals surface area contributed by atoms with Crippen LogP contribution in [0.5, 0.6) is 5.75 Å². The average molecular weight is 274 g/mol. The van der Waals surface area contributed by atoms with E-state index >= 15 is 0 Å². The fourth-order valence-corrected chi connectivity index (χ4v) is 3.25. The maximum absolute atomic E-state index is 6.20. The largest absolute Gasteiger partial charge is 0.493 e. The fourth-order valence-electron chi connectivity index (χ4n) is 3.25. The SMILES string of the molecule is CCN1CCC(C)(COc2cccc3c2CCN3)CC1. The number of anilines is 1. The van der Waals surface area contributed by atoms with Crippen molar-refractivity contribution in [2.45, 2.75) is 33.1 Å². The van der Waals surface area contributed by atoms with Crippen molar-refractivity contribution in [1.29, 1.82) is 0 Å². The van der Waals surface area contributed by atoms with Crippen molar-refractivity contribution in [2.24, 2.45) is 5.41 Å². The molecule has 1 fully saturated rings. The molecule has 1 N–H and O–H groups in total. The second-order valence-corrected chi connectivity index (χ2v) is 6.49. The Morgan fingerprint density at radius 1 is 1.30 bits per heavy atom. The van der Waals surface area contributed by atoms with Gasteiger partial charge in [0.15, 0.2) is 0 Å². The second-order valence-electron chi connectivity index (χ2n) is 6.49. The molecule has 20 heavy (non-hydrogen) atoms. The van der Waals surface area contributed by atoms with Gasteiger partial charge in [-0.25, -0.2) is 0 Å². The molecule has 0 bridgehead atoms. The summed E-state index contributed by atoms with van der Waals surface area (Å²) in [7, 11) is 0. The number of nitrogens with one attached hydrogen (secondary N) is 1. The Bertz CT molecular complexity index is 464. The Morgan fingerprint density at radius 2 is 2.10 bits per heavy atom. The number of hydrogen-bond acceptors (Lipinski definition) is 3. The van der Waals surface area contributed by atoms with Crippen LogP contribution < -0.4 is 10.1 Å². The van der Waals surface area contributed by atoms with Crippen molar-refractivity contribution in [3.8, 4) is 5.75 Å². The smallest absolute Gasteiger partial charge is 0.124 e. The maximum Gasteiger partial charge on any atom is 0.124 e. The summed E-state index contributed by atoms with van der Waals surface area (Å²) in [6.45, 7) is 10.1. The molecular weight excluding hydrogens is 248 g/mol. The molecule has 3 heteroatoms. The minimum atomic E-state index is 0.334. The molecule has 0 spiro atoms. The van der Waals surface area contributed by atoms with Crippen molar-refractivity contribution in [3.05, 3.63) is 23.8 Å². The van der Waals surface area contributed by atoms with E-state index in [0.717, 1.165) is 25.3 Å². The van der Waals surface area contributed by atoms with Crippen LogP contribution in [0.25, 0.3) is 0 Å². The van der Waals surface area contributed by atoms with Crippen LogP contribution in [0.4, 0.5) is 5.69 Å².